The van der Waals surface area contributed by atoms with Gasteiger partial charge in [0.05, 0.1) is 5.60 Å². The number of hydrogen-bond acceptors (Lipinski definition) is 3. The van der Waals surface area contributed by atoms with Crippen LogP contribution in [0, 0.1) is 6.92 Å². The maximum Gasteiger partial charge on any atom is 0.0765 e. The zero-order valence-corrected chi connectivity index (χ0v) is 11.9. The molecule has 3 nitrogen and oxygen atoms in total. The lowest BCUT2D eigenvalue weighted by molar-refractivity contribution is 0.0231. The zero-order valence-electron chi connectivity index (χ0n) is 11.9. The van der Waals surface area contributed by atoms with Crippen molar-refractivity contribution in [1.82, 2.24) is 5.32 Å². The summed E-state index contributed by atoms with van der Waals surface area (Å²) in [5.74, 6) is 0. The molecule has 0 fully saturated rings. The van der Waals surface area contributed by atoms with Gasteiger partial charge in [-0.1, -0.05) is 29.8 Å². The number of aryl methyl sites for hydroxylation is 1. The summed E-state index contributed by atoms with van der Waals surface area (Å²) in [6, 6.07) is 8.66. The minimum atomic E-state index is -0.728. The normalized spacial score (nSPS) is 16.3. The second kappa shape index (κ2) is 6.88. The van der Waals surface area contributed by atoms with E-state index in [2.05, 4.69) is 43.4 Å². The SMILES string of the molecule is COCCC(C)(O)CNC(C)c1cccc(C)c1. The van der Waals surface area contributed by atoms with Crippen LogP contribution in [0.2, 0.25) is 0 Å². The fourth-order valence-electron chi connectivity index (χ4n) is 1.84. The van der Waals surface area contributed by atoms with Crippen LogP contribution in [0.4, 0.5) is 0 Å². The van der Waals surface area contributed by atoms with E-state index >= 15 is 0 Å². The number of aliphatic hydroxyl groups is 1. The molecule has 0 aliphatic carbocycles. The average Bonchev–Trinajstić information content (AvgIpc) is 2.34. The van der Waals surface area contributed by atoms with Gasteiger partial charge in [-0.2, -0.15) is 0 Å². The molecule has 0 heterocycles. The summed E-state index contributed by atoms with van der Waals surface area (Å²) in [7, 11) is 1.65. The van der Waals surface area contributed by atoms with Crippen LogP contribution in [0.5, 0.6) is 0 Å². The number of benzene rings is 1. The molecule has 1 aromatic carbocycles. The van der Waals surface area contributed by atoms with E-state index in [1.807, 2.05) is 6.92 Å². The molecule has 1 rings (SSSR count). The minimum absolute atomic E-state index is 0.235. The minimum Gasteiger partial charge on any atom is -0.389 e. The Labute approximate surface area is 110 Å². The lowest BCUT2D eigenvalue weighted by atomic mass is 10.0. The van der Waals surface area contributed by atoms with E-state index in [0.29, 0.717) is 19.6 Å². The van der Waals surface area contributed by atoms with E-state index in [1.165, 1.54) is 11.1 Å². The van der Waals surface area contributed by atoms with Gasteiger partial charge in [-0.05, 0) is 26.3 Å². The third-order valence-electron chi connectivity index (χ3n) is 3.18. The lowest BCUT2D eigenvalue weighted by Gasteiger charge is -2.26. The molecule has 0 aromatic heterocycles. The molecular formula is C15H25NO2. The first kappa shape index (κ1) is 15.2. The molecule has 0 bridgehead atoms. The Kier molecular flexibility index (Phi) is 5.79. The molecule has 2 unspecified atom stereocenters. The van der Waals surface area contributed by atoms with Crippen molar-refractivity contribution in [2.45, 2.75) is 38.8 Å². The molecule has 0 spiro atoms. The highest BCUT2D eigenvalue weighted by Gasteiger charge is 2.20. The Morgan fingerprint density at radius 3 is 2.78 bits per heavy atom. The fourth-order valence-corrected chi connectivity index (χ4v) is 1.84. The Hall–Kier alpha value is -0.900. The second-order valence-electron chi connectivity index (χ2n) is 5.26. The highest BCUT2D eigenvalue weighted by atomic mass is 16.5. The number of rotatable bonds is 7. The molecule has 0 amide bonds. The predicted molar refractivity (Wildman–Crippen MR) is 74.7 cm³/mol. The first-order valence-electron chi connectivity index (χ1n) is 6.46. The smallest absolute Gasteiger partial charge is 0.0765 e. The van der Waals surface area contributed by atoms with Crippen LogP contribution >= 0.6 is 0 Å². The molecule has 3 heteroatoms. The van der Waals surface area contributed by atoms with E-state index in [1.54, 1.807) is 7.11 Å². The highest BCUT2D eigenvalue weighted by molar-refractivity contribution is 5.24. The van der Waals surface area contributed by atoms with Crippen LogP contribution in [-0.4, -0.2) is 31.0 Å². The number of hydrogen-bond donors (Lipinski definition) is 2. The third-order valence-corrected chi connectivity index (χ3v) is 3.18. The van der Waals surface area contributed by atoms with Gasteiger partial charge in [-0.15, -0.1) is 0 Å². The monoisotopic (exact) mass is 251 g/mol. The molecular weight excluding hydrogens is 226 g/mol. The van der Waals surface area contributed by atoms with Crippen molar-refractivity contribution in [3.63, 3.8) is 0 Å². The number of nitrogens with one attached hydrogen (secondary N) is 1. The standard InChI is InChI=1S/C15H25NO2/c1-12-6-5-7-14(10-12)13(2)16-11-15(3,17)8-9-18-4/h5-7,10,13,16-17H,8-9,11H2,1-4H3. The molecule has 0 aliphatic heterocycles. The van der Waals surface area contributed by atoms with E-state index in [4.69, 9.17) is 4.74 Å². The summed E-state index contributed by atoms with van der Waals surface area (Å²) in [6.45, 7) is 7.17. The van der Waals surface area contributed by atoms with Crippen molar-refractivity contribution in [2.75, 3.05) is 20.3 Å². The molecule has 0 saturated heterocycles. The van der Waals surface area contributed by atoms with Gasteiger partial charge in [0.2, 0.25) is 0 Å². The van der Waals surface area contributed by atoms with E-state index in [0.717, 1.165) is 0 Å². The Balaban J connectivity index is 2.48. The van der Waals surface area contributed by atoms with Crippen molar-refractivity contribution in [3.05, 3.63) is 35.4 Å². The highest BCUT2D eigenvalue weighted by Crippen LogP contribution is 2.15. The second-order valence-corrected chi connectivity index (χ2v) is 5.26. The molecule has 2 N–H and O–H groups in total. The first-order valence-corrected chi connectivity index (χ1v) is 6.46. The number of ether oxygens (including phenoxy) is 1. The van der Waals surface area contributed by atoms with Crippen LogP contribution in [0.1, 0.15) is 37.4 Å². The maximum absolute atomic E-state index is 10.2. The van der Waals surface area contributed by atoms with Crippen LogP contribution in [-0.2, 0) is 4.74 Å². The Morgan fingerprint density at radius 1 is 1.44 bits per heavy atom. The summed E-state index contributed by atoms with van der Waals surface area (Å²) < 4.78 is 5.00. The molecule has 1 aromatic rings. The van der Waals surface area contributed by atoms with Crippen LogP contribution in [0.15, 0.2) is 24.3 Å². The van der Waals surface area contributed by atoms with Gasteiger partial charge in [-0.3, -0.25) is 0 Å². The van der Waals surface area contributed by atoms with E-state index in [-0.39, 0.29) is 6.04 Å². The molecule has 102 valence electrons. The summed E-state index contributed by atoms with van der Waals surface area (Å²) >= 11 is 0. The van der Waals surface area contributed by atoms with Crippen LogP contribution < -0.4 is 5.32 Å². The first-order chi connectivity index (χ1) is 8.44. The fraction of sp³-hybridized carbons (Fsp3) is 0.600. The van der Waals surface area contributed by atoms with E-state index < -0.39 is 5.60 Å². The number of methoxy groups -OCH3 is 1. The summed E-state index contributed by atoms with van der Waals surface area (Å²) in [5.41, 5.74) is 1.78. The van der Waals surface area contributed by atoms with Crippen molar-refractivity contribution in [2.24, 2.45) is 0 Å². The quantitative estimate of drug-likeness (QED) is 0.782. The molecule has 0 saturated carbocycles. The summed E-state index contributed by atoms with van der Waals surface area (Å²) in [4.78, 5) is 0. The largest absolute Gasteiger partial charge is 0.389 e. The van der Waals surface area contributed by atoms with Gasteiger partial charge in [0, 0.05) is 32.7 Å². The molecule has 0 aliphatic rings. The van der Waals surface area contributed by atoms with Gasteiger partial charge < -0.3 is 15.2 Å². The van der Waals surface area contributed by atoms with Crippen molar-refractivity contribution < 1.29 is 9.84 Å². The van der Waals surface area contributed by atoms with Crippen LogP contribution in [0.25, 0.3) is 0 Å². The summed E-state index contributed by atoms with van der Waals surface area (Å²) in [6.07, 6.45) is 0.636. The van der Waals surface area contributed by atoms with Crippen LogP contribution in [0.3, 0.4) is 0 Å². The predicted octanol–water partition coefficient (Wildman–Crippen LogP) is 2.43. The van der Waals surface area contributed by atoms with Crippen molar-refractivity contribution >= 4 is 0 Å². The van der Waals surface area contributed by atoms with Gasteiger partial charge in [0.1, 0.15) is 0 Å². The third kappa shape index (κ3) is 5.17. The van der Waals surface area contributed by atoms with E-state index in [9.17, 15) is 5.11 Å². The summed E-state index contributed by atoms with van der Waals surface area (Å²) in [5, 5.41) is 13.5. The maximum atomic E-state index is 10.2. The lowest BCUT2D eigenvalue weighted by Crippen LogP contribution is -2.39. The van der Waals surface area contributed by atoms with Gasteiger partial charge in [0.25, 0.3) is 0 Å². The van der Waals surface area contributed by atoms with Crippen molar-refractivity contribution in [1.29, 1.82) is 0 Å². The average molecular weight is 251 g/mol. The van der Waals surface area contributed by atoms with Gasteiger partial charge in [-0.25, -0.2) is 0 Å². The Bertz CT molecular complexity index is 363. The molecule has 0 radical (unpaired) electrons. The Morgan fingerprint density at radius 2 is 2.17 bits per heavy atom. The van der Waals surface area contributed by atoms with Gasteiger partial charge in [0.15, 0.2) is 0 Å². The van der Waals surface area contributed by atoms with Crippen molar-refractivity contribution in [3.8, 4) is 0 Å². The zero-order chi connectivity index (χ0) is 13.6. The molecule has 2 atom stereocenters. The topological polar surface area (TPSA) is 41.5 Å². The van der Waals surface area contributed by atoms with Gasteiger partial charge >= 0.3 is 0 Å². The molecule has 18 heavy (non-hydrogen) atoms.